The van der Waals surface area contributed by atoms with Crippen molar-refractivity contribution in [3.8, 4) is 0 Å². The number of nitrogens with zero attached hydrogens (tertiary/aromatic N) is 1. The third-order valence-corrected chi connectivity index (χ3v) is 2.47. The highest BCUT2D eigenvalue weighted by Gasteiger charge is 2.32. The van der Waals surface area contributed by atoms with E-state index in [1.165, 1.54) is 0 Å². The van der Waals surface area contributed by atoms with Crippen molar-refractivity contribution in [3.05, 3.63) is 0 Å². The normalized spacial score (nSPS) is 14.3. The molecule has 10 nitrogen and oxygen atoms in total. The largest absolute Gasteiger partial charge is 0.394 e. The number of hydrogen-bond acceptors (Lipinski definition) is 8. The number of nitrogens with one attached hydrogen (secondary N) is 1. The summed E-state index contributed by atoms with van der Waals surface area (Å²) in [6.07, 6.45) is 0.00926. The van der Waals surface area contributed by atoms with Crippen molar-refractivity contribution < 1.29 is 38.6 Å². The van der Waals surface area contributed by atoms with Gasteiger partial charge in [0.25, 0.3) is 11.8 Å². The Morgan fingerprint density at radius 3 is 2.36 bits per heavy atom. The standard InChI is InChI=1S/C12H18N2O8/c15-3-4-20-5-6-21-8-9(16)13-7-12(19)22-14-10(17)1-2-11(14)18/h15H,1-8H2,(H,13,16). The molecule has 0 radical (unpaired) electrons. The average Bonchev–Trinajstić information content (AvgIpc) is 2.80. The number of amides is 3. The van der Waals surface area contributed by atoms with Gasteiger partial charge in [0.2, 0.25) is 5.91 Å². The quantitative estimate of drug-likeness (QED) is 0.341. The molecule has 0 bridgehead atoms. The maximum atomic E-state index is 11.4. The molecule has 3 amide bonds. The Hall–Kier alpha value is -2.04. The molecule has 0 saturated carbocycles. The van der Waals surface area contributed by atoms with Crippen molar-refractivity contribution in [1.29, 1.82) is 0 Å². The zero-order valence-corrected chi connectivity index (χ0v) is 11.9. The van der Waals surface area contributed by atoms with Crippen LogP contribution in [0.5, 0.6) is 0 Å². The molecule has 0 unspecified atom stereocenters. The van der Waals surface area contributed by atoms with Crippen LogP contribution in [0.15, 0.2) is 0 Å². The Kier molecular flexibility index (Phi) is 8.04. The van der Waals surface area contributed by atoms with Crippen molar-refractivity contribution >= 4 is 23.7 Å². The summed E-state index contributed by atoms with van der Waals surface area (Å²) in [7, 11) is 0. The van der Waals surface area contributed by atoms with Gasteiger partial charge >= 0.3 is 5.97 Å². The van der Waals surface area contributed by atoms with E-state index in [1.54, 1.807) is 0 Å². The lowest BCUT2D eigenvalue weighted by Crippen LogP contribution is -2.38. The predicted molar refractivity (Wildman–Crippen MR) is 68.9 cm³/mol. The van der Waals surface area contributed by atoms with Crippen molar-refractivity contribution in [3.63, 3.8) is 0 Å². The van der Waals surface area contributed by atoms with Gasteiger partial charge in [-0.05, 0) is 0 Å². The summed E-state index contributed by atoms with van der Waals surface area (Å²) in [5, 5.41) is 11.1. The first-order chi connectivity index (χ1) is 10.5. The highest BCUT2D eigenvalue weighted by molar-refractivity contribution is 6.01. The van der Waals surface area contributed by atoms with Crippen LogP contribution in [0.2, 0.25) is 0 Å². The van der Waals surface area contributed by atoms with Gasteiger partial charge < -0.3 is 24.7 Å². The maximum Gasteiger partial charge on any atom is 0.352 e. The van der Waals surface area contributed by atoms with Crippen LogP contribution in [0.1, 0.15) is 12.8 Å². The van der Waals surface area contributed by atoms with Crippen LogP contribution in [0, 0.1) is 0 Å². The molecule has 1 rings (SSSR count). The van der Waals surface area contributed by atoms with Crippen molar-refractivity contribution in [2.75, 3.05) is 39.6 Å². The summed E-state index contributed by atoms with van der Waals surface area (Å²) in [5.74, 6) is -2.66. The third-order valence-electron chi connectivity index (χ3n) is 2.47. The van der Waals surface area contributed by atoms with E-state index in [4.69, 9.17) is 14.6 Å². The Labute approximate surface area is 126 Å². The molecule has 124 valence electrons. The van der Waals surface area contributed by atoms with E-state index in [1.807, 2.05) is 0 Å². The molecule has 1 fully saturated rings. The fourth-order valence-corrected chi connectivity index (χ4v) is 1.46. The Morgan fingerprint density at radius 2 is 1.73 bits per heavy atom. The molecule has 1 heterocycles. The third kappa shape index (κ3) is 6.61. The molecule has 1 saturated heterocycles. The van der Waals surface area contributed by atoms with Gasteiger partial charge in [0.1, 0.15) is 13.2 Å². The Morgan fingerprint density at radius 1 is 1.09 bits per heavy atom. The number of imide groups is 1. The summed E-state index contributed by atoms with van der Waals surface area (Å²) >= 11 is 0. The first-order valence-electron chi connectivity index (χ1n) is 6.64. The first-order valence-corrected chi connectivity index (χ1v) is 6.64. The number of rotatable bonds is 10. The monoisotopic (exact) mass is 318 g/mol. The maximum absolute atomic E-state index is 11.4. The van der Waals surface area contributed by atoms with Crippen LogP contribution >= 0.6 is 0 Å². The van der Waals surface area contributed by atoms with Crippen molar-refractivity contribution in [2.45, 2.75) is 12.8 Å². The summed E-state index contributed by atoms with van der Waals surface area (Å²) in [4.78, 5) is 49.7. The first kappa shape index (κ1) is 18.0. The van der Waals surface area contributed by atoms with Crippen LogP contribution < -0.4 is 5.32 Å². The minimum absolute atomic E-state index is 0.00463. The van der Waals surface area contributed by atoms with Gasteiger partial charge in [-0.15, -0.1) is 5.06 Å². The number of carbonyl (C=O) groups is 4. The second kappa shape index (κ2) is 9.82. The minimum Gasteiger partial charge on any atom is -0.394 e. The van der Waals surface area contributed by atoms with Gasteiger partial charge in [-0.2, -0.15) is 0 Å². The molecular weight excluding hydrogens is 300 g/mol. The smallest absolute Gasteiger partial charge is 0.352 e. The fraction of sp³-hybridized carbons (Fsp3) is 0.667. The zero-order valence-electron chi connectivity index (χ0n) is 11.9. The summed E-state index contributed by atoms with van der Waals surface area (Å²) in [6.45, 7) is -0.277. The second-order valence-corrected chi connectivity index (χ2v) is 4.21. The predicted octanol–water partition coefficient (Wildman–Crippen LogP) is -2.26. The summed E-state index contributed by atoms with van der Waals surface area (Å²) < 4.78 is 9.86. The van der Waals surface area contributed by atoms with Gasteiger partial charge in [-0.1, -0.05) is 0 Å². The summed E-state index contributed by atoms with van der Waals surface area (Å²) in [5.41, 5.74) is 0. The fourth-order valence-electron chi connectivity index (χ4n) is 1.46. The average molecular weight is 318 g/mol. The molecule has 0 aromatic rings. The number of carbonyl (C=O) groups excluding carboxylic acids is 4. The molecule has 1 aliphatic heterocycles. The molecule has 0 spiro atoms. The SMILES string of the molecule is O=C(COCCOCCO)NCC(=O)ON1C(=O)CCC1=O. The van der Waals surface area contributed by atoms with E-state index in [0.717, 1.165) is 0 Å². The highest BCUT2D eigenvalue weighted by Crippen LogP contribution is 2.11. The lowest BCUT2D eigenvalue weighted by Gasteiger charge is -2.12. The summed E-state index contributed by atoms with van der Waals surface area (Å²) in [6, 6.07) is 0. The molecule has 10 heteroatoms. The number of aliphatic hydroxyl groups excluding tert-OH is 1. The van der Waals surface area contributed by atoms with E-state index in [9.17, 15) is 19.2 Å². The molecule has 0 aromatic heterocycles. The van der Waals surface area contributed by atoms with Gasteiger partial charge in [-0.3, -0.25) is 14.4 Å². The van der Waals surface area contributed by atoms with Crippen LogP contribution in [-0.4, -0.2) is 73.4 Å². The number of hydroxylamine groups is 2. The van der Waals surface area contributed by atoms with Gasteiger partial charge in [0.05, 0.1) is 26.4 Å². The van der Waals surface area contributed by atoms with Crippen LogP contribution in [0.25, 0.3) is 0 Å². The van der Waals surface area contributed by atoms with Crippen LogP contribution in [0.4, 0.5) is 0 Å². The molecule has 0 aliphatic carbocycles. The molecular formula is C12H18N2O8. The second-order valence-electron chi connectivity index (χ2n) is 4.21. The number of ether oxygens (including phenoxy) is 2. The van der Waals surface area contributed by atoms with E-state index >= 15 is 0 Å². The lowest BCUT2D eigenvalue weighted by atomic mass is 10.4. The van der Waals surface area contributed by atoms with Crippen molar-refractivity contribution in [2.24, 2.45) is 0 Å². The Balaban J connectivity index is 2.09. The van der Waals surface area contributed by atoms with Crippen molar-refractivity contribution in [1.82, 2.24) is 10.4 Å². The topological polar surface area (TPSA) is 131 Å². The van der Waals surface area contributed by atoms with E-state index in [0.29, 0.717) is 5.06 Å². The highest BCUT2D eigenvalue weighted by atomic mass is 16.7. The number of aliphatic hydroxyl groups is 1. The minimum atomic E-state index is -0.928. The Bertz CT molecular complexity index is 409. The van der Waals surface area contributed by atoms with E-state index < -0.39 is 30.2 Å². The lowest BCUT2D eigenvalue weighted by molar-refractivity contribution is -0.196. The zero-order chi connectivity index (χ0) is 16.4. The van der Waals surface area contributed by atoms with Crippen LogP contribution in [-0.2, 0) is 33.5 Å². The van der Waals surface area contributed by atoms with Gasteiger partial charge in [-0.25, -0.2) is 4.79 Å². The van der Waals surface area contributed by atoms with Gasteiger partial charge in [0.15, 0.2) is 0 Å². The van der Waals surface area contributed by atoms with E-state index in [2.05, 4.69) is 10.2 Å². The molecule has 0 aromatic carbocycles. The molecule has 1 aliphatic rings. The molecule has 0 atom stereocenters. The molecule has 22 heavy (non-hydrogen) atoms. The van der Waals surface area contributed by atoms with Gasteiger partial charge in [0, 0.05) is 12.8 Å². The molecule has 2 N–H and O–H groups in total. The van der Waals surface area contributed by atoms with Crippen LogP contribution in [0.3, 0.4) is 0 Å². The van der Waals surface area contributed by atoms with E-state index in [-0.39, 0.29) is 45.9 Å². The number of hydrogen-bond donors (Lipinski definition) is 2.